The minimum Gasteiger partial charge on any atom is -0.285 e. The second-order valence-corrected chi connectivity index (χ2v) is 5.63. The third-order valence-corrected chi connectivity index (χ3v) is 4.01. The first kappa shape index (κ1) is 15.4. The Hall–Kier alpha value is -2.52. The highest BCUT2D eigenvalue weighted by atomic mass is 15.2. The Morgan fingerprint density at radius 2 is 1.26 bits per heavy atom. The molecule has 0 aliphatic carbocycles. The SMILES string of the molecule is C[C@@H](c1ccccc1)N(Cc1ccccn1)Cc1ccccn1. The minimum absolute atomic E-state index is 0.292. The van der Waals surface area contributed by atoms with Gasteiger partial charge < -0.3 is 0 Å². The summed E-state index contributed by atoms with van der Waals surface area (Å²) in [5.74, 6) is 0. The molecule has 23 heavy (non-hydrogen) atoms. The molecule has 3 heteroatoms. The van der Waals surface area contributed by atoms with Gasteiger partial charge in [0, 0.05) is 31.5 Å². The molecule has 0 fully saturated rings. The average molecular weight is 303 g/mol. The maximum atomic E-state index is 4.47. The smallest absolute Gasteiger partial charge is 0.0544 e. The summed E-state index contributed by atoms with van der Waals surface area (Å²) in [6.07, 6.45) is 3.70. The predicted octanol–water partition coefficient (Wildman–Crippen LogP) is 4.24. The molecule has 0 bridgehead atoms. The molecule has 0 amide bonds. The number of benzene rings is 1. The Bertz CT molecular complexity index is 657. The van der Waals surface area contributed by atoms with Gasteiger partial charge in [0.15, 0.2) is 0 Å². The summed E-state index contributed by atoms with van der Waals surface area (Å²) < 4.78 is 0. The van der Waals surface area contributed by atoms with Crippen molar-refractivity contribution in [3.63, 3.8) is 0 Å². The van der Waals surface area contributed by atoms with Gasteiger partial charge in [0.2, 0.25) is 0 Å². The van der Waals surface area contributed by atoms with Crippen LogP contribution in [0.25, 0.3) is 0 Å². The van der Waals surface area contributed by atoms with E-state index in [1.807, 2.05) is 36.7 Å². The first-order chi connectivity index (χ1) is 11.3. The molecule has 0 aliphatic heterocycles. The molecule has 2 aromatic heterocycles. The number of rotatable bonds is 6. The van der Waals surface area contributed by atoms with E-state index in [9.17, 15) is 0 Å². The summed E-state index contributed by atoms with van der Waals surface area (Å²) in [4.78, 5) is 11.4. The van der Waals surface area contributed by atoms with Crippen molar-refractivity contribution >= 4 is 0 Å². The van der Waals surface area contributed by atoms with E-state index in [0.29, 0.717) is 6.04 Å². The van der Waals surface area contributed by atoms with Crippen LogP contribution in [0.2, 0.25) is 0 Å². The second-order valence-electron chi connectivity index (χ2n) is 5.63. The van der Waals surface area contributed by atoms with Crippen LogP contribution >= 0.6 is 0 Å². The summed E-state index contributed by atoms with van der Waals surface area (Å²) in [6.45, 7) is 3.84. The quantitative estimate of drug-likeness (QED) is 0.682. The molecule has 0 aliphatic rings. The van der Waals surface area contributed by atoms with Gasteiger partial charge in [-0.2, -0.15) is 0 Å². The molecule has 0 saturated heterocycles. The first-order valence-electron chi connectivity index (χ1n) is 7.92. The van der Waals surface area contributed by atoms with Crippen molar-refractivity contribution in [1.29, 1.82) is 0 Å². The Balaban J connectivity index is 1.83. The largest absolute Gasteiger partial charge is 0.285 e. The zero-order chi connectivity index (χ0) is 15.9. The maximum Gasteiger partial charge on any atom is 0.0544 e. The van der Waals surface area contributed by atoms with Gasteiger partial charge in [0.25, 0.3) is 0 Å². The molecule has 1 aromatic carbocycles. The van der Waals surface area contributed by atoms with E-state index in [1.54, 1.807) is 0 Å². The molecule has 0 unspecified atom stereocenters. The molecule has 0 N–H and O–H groups in total. The molecule has 3 aromatic rings. The van der Waals surface area contributed by atoms with Crippen LogP contribution in [0, 0.1) is 0 Å². The van der Waals surface area contributed by atoms with E-state index < -0.39 is 0 Å². The second kappa shape index (κ2) is 7.65. The summed E-state index contributed by atoms with van der Waals surface area (Å²) in [7, 11) is 0. The van der Waals surface area contributed by atoms with Crippen molar-refractivity contribution in [2.24, 2.45) is 0 Å². The molecule has 1 atom stereocenters. The van der Waals surface area contributed by atoms with Gasteiger partial charge in [-0.3, -0.25) is 14.9 Å². The van der Waals surface area contributed by atoms with Crippen LogP contribution in [0.3, 0.4) is 0 Å². The molecule has 3 rings (SSSR count). The van der Waals surface area contributed by atoms with E-state index in [-0.39, 0.29) is 0 Å². The van der Waals surface area contributed by atoms with Gasteiger partial charge in [0.1, 0.15) is 0 Å². The first-order valence-corrected chi connectivity index (χ1v) is 7.92. The van der Waals surface area contributed by atoms with Crippen molar-refractivity contribution in [2.45, 2.75) is 26.1 Å². The lowest BCUT2D eigenvalue weighted by atomic mass is 10.1. The maximum absolute atomic E-state index is 4.47. The number of nitrogens with zero attached hydrogens (tertiary/aromatic N) is 3. The molecule has 3 nitrogen and oxygen atoms in total. The van der Waals surface area contributed by atoms with Gasteiger partial charge in [-0.25, -0.2) is 0 Å². The summed E-state index contributed by atoms with van der Waals surface area (Å²) in [6, 6.07) is 23.0. The highest BCUT2D eigenvalue weighted by molar-refractivity contribution is 5.19. The van der Waals surface area contributed by atoms with E-state index in [0.717, 1.165) is 24.5 Å². The Morgan fingerprint density at radius 3 is 1.74 bits per heavy atom. The summed E-state index contributed by atoms with van der Waals surface area (Å²) >= 11 is 0. The van der Waals surface area contributed by atoms with Crippen LogP contribution in [-0.2, 0) is 13.1 Å². The molecule has 0 spiro atoms. The molecule has 0 saturated carbocycles. The van der Waals surface area contributed by atoms with Gasteiger partial charge in [-0.15, -0.1) is 0 Å². The Morgan fingerprint density at radius 1 is 0.739 bits per heavy atom. The Kier molecular flexibility index (Phi) is 5.12. The van der Waals surface area contributed by atoms with Crippen molar-refractivity contribution < 1.29 is 0 Å². The number of aromatic nitrogens is 2. The molecular formula is C20H21N3. The van der Waals surface area contributed by atoms with Gasteiger partial charge >= 0.3 is 0 Å². The molecule has 2 heterocycles. The van der Waals surface area contributed by atoms with Crippen LogP contribution in [0.5, 0.6) is 0 Å². The zero-order valence-electron chi connectivity index (χ0n) is 13.3. The predicted molar refractivity (Wildman–Crippen MR) is 92.6 cm³/mol. The molecule has 116 valence electrons. The lowest BCUT2D eigenvalue weighted by Gasteiger charge is -2.29. The topological polar surface area (TPSA) is 29.0 Å². The monoisotopic (exact) mass is 303 g/mol. The zero-order valence-corrected chi connectivity index (χ0v) is 13.3. The number of hydrogen-bond acceptors (Lipinski definition) is 3. The summed E-state index contributed by atoms with van der Waals surface area (Å²) in [5.41, 5.74) is 3.46. The van der Waals surface area contributed by atoms with Crippen LogP contribution in [0.15, 0.2) is 79.1 Å². The minimum atomic E-state index is 0.292. The van der Waals surface area contributed by atoms with E-state index >= 15 is 0 Å². The van der Waals surface area contributed by atoms with Crippen molar-refractivity contribution in [2.75, 3.05) is 0 Å². The van der Waals surface area contributed by atoms with E-state index in [4.69, 9.17) is 0 Å². The number of hydrogen-bond donors (Lipinski definition) is 0. The van der Waals surface area contributed by atoms with Crippen molar-refractivity contribution in [1.82, 2.24) is 14.9 Å². The summed E-state index contributed by atoms with van der Waals surface area (Å²) in [5, 5.41) is 0. The Labute approximate surface area is 137 Å². The van der Waals surface area contributed by atoms with E-state index in [1.165, 1.54) is 5.56 Å². The van der Waals surface area contributed by atoms with Crippen LogP contribution in [0.1, 0.15) is 29.9 Å². The molecule has 0 radical (unpaired) electrons. The standard InChI is InChI=1S/C20H21N3/c1-17(18-9-3-2-4-10-18)23(15-19-11-5-7-13-21-19)16-20-12-6-8-14-22-20/h2-14,17H,15-16H2,1H3/t17-/m0/s1. The fourth-order valence-electron chi connectivity index (χ4n) is 2.67. The lowest BCUT2D eigenvalue weighted by Crippen LogP contribution is -2.27. The number of pyridine rings is 2. The third kappa shape index (κ3) is 4.24. The van der Waals surface area contributed by atoms with E-state index in [2.05, 4.69) is 64.3 Å². The van der Waals surface area contributed by atoms with Gasteiger partial charge in [0.05, 0.1) is 11.4 Å². The normalized spacial score (nSPS) is 12.3. The fraction of sp³-hybridized carbons (Fsp3) is 0.200. The van der Waals surface area contributed by atoms with Gasteiger partial charge in [-0.1, -0.05) is 42.5 Å². The molecular weight excluding hydrogens is 282 g/mol. The van der Waals surface area contributed by atoms with Crippen LogP contribution in [-0.4, -0.2) is 14.9 Å². The lowest BCUT2D eigenvalue weighted by molar-refractivity contribution is 0.187. The van der Waals surface area contributed by atoms with Crippen LogP contribution in [0.4, 0.5) is 0 Å². The van der Waals surface area contributed by atoms with Crippen LogP contribution < -0.4 is 0 Å². The third-order valence-electron chi connectivity index (χ3n) is 4.01. The van der Waals surface area contributed by atoms with Crippen molar-refractivity contribution in [3.05, 3.63) is 96.1 Å². The van der Waals surface area contributed by atoms with Gasteiger partial charge in [-0.05, 0) is 36.8 Å². The van der Waals surface area contributed by atoms with Crippen molar-refractivity contribution in [3.8, 4) is 0 Å². The average Bonchev–Trinajstić information content (AvgIpc) is 2.63. The highest BCUT2D eigenvalue weighted by Gasteiger charge is 2.17. The fourth-order valence-corrected chi connectivity index (χ4v) is 2.67. The highest BCUT2D eigenvalue weighted by Crippen LogP contribution is 2.23.